The van der Waals surface area contributed by atoms with E-state index in [4.69, 9.17) is 0 Å². The zero-order chi connectivity index (χ0) is 94.1. The van der Waals surface area contributed by atoms with Gasteiger partial charge in [-0.1, -0.05) is 386 Å². The van der Waals surface area contributed by atoms with Crippen LogP contribution in [0.5, 0.6) is 0 Å². The fraction of sp³-hybridized carbons (Fsp3) is 0.379. The second-order valence-corrected chi connectivity index (χ2v) is 46.4. The second-order valence-electron chi connectivity index (χ2n) is 46.4. The smallest absolute Gasteiger partial charge is 0.252 e. The summed E-state index contributed by atoms with van der Waals surface area (Å²) in [6, 6.07) is 65.9. The van der Waals surface area contributed by atoms with Crippen LogP contribution in [0.4, 0.5) is 34.1 Å². The molecule has 120 heavy (non-hydrogen) atoms. The Morgan fingerprint density at radius 2 is 0.550 bits per heavy atom. The Kier molecular flexibility index (Phi) is 18.1. The van der Waals surface area contributed by atoms with Crippen LogP contribution >= 0.6 is 0 Å². The monoisotopic (exact) mass is 1590 g/mol. The number of aromatic nitrogens is 1. The van der Waals surface area contributed by atoms with Gasteiger partial charge in [-0.3, -0.25) is 0 Å². The molecule has 2 aliphatic rings. The van der Waals surface area contributed by atoms with Crippen LogP contribution in [-0.2, 0) is 59.6 Å². The quantitative estimate of drug-likeness (QED) is 0.141. The van der Waals surface area contributed by atoms with Gasteiger partial charge in [0.25, 0.3) is 6.71 Å². The Morgan fingerprint density at radius 3 is 0.950 bits per heavy atom. The third-order valence-corrected chi connectivity index (χ3v) is 25.7. The molecule has 0 N–H and O–H groups in total. The highest BCUT2D eigenvalue weighted by molar-refractivity contribution is 7.00. The lowest BCUT2D eigenvalue weighted by atomic mass is 9.33. The highest BCUT2D eigenvalue weighted by Crippen LogP contribution is 2.58. The van der Waals surface area contributed by atoms with Crippen molar-refractivity contribution >= 4 is 79.0 Å². The van der Waals surface area contributed by atoms with E-state index in [-0.39, 0.29) is 94.7 Å². The van der Waals surface area contributed by atoms with Crippen molar-refractivity contribution in [3.05, 3.63) is 285 Å². The van der Waals surface area contributed by atoms with E-state index in [0.29, 0.717) is 5.69 Å². The first-order valence-corrected chi connectivity index (χ1v) is 43.9. The van der Waals surface area contributed by atoms with Crippen LogP contribution in [0, 0.1) is 0 Å². The lowest BCUT2D eigenvalue weighted by Gasteiger charge is -2.47. The van der Waals surface area contributed by atoms with Gasteiger partial charge in [0.15, 0.2) is 0 Å². The molecule has 0 saturated heterocycles. The summed E-state index contributed by atoms with van der Waals surface area (Å²) in [5.74, 6) is 0. The molecule has 0 aliphatic carbocycles. The van der Waals surface area contributed by atoms with E-state index < -0.39 is 41.7 Å². The molecule has 13 aromatic rings. The number of hydrogen-bond donors (Lipinski definition) is 0. The predicted octanol–water partition coefficient (Wildman–Crippen LogP) is 31.5. The van der Waals surface area contributed by atoms with Crippen LogP contribution in [0.15, 0.2) is 224 Å². The number of hydrogen-bond acceptors (Lipinski definition) is 2. The lowest BCUT2D eigenvalue weighted by molar-refractivity contribution is 0.568. The van der Waals surface area contributed by atoms with E-state index in [2.05, 4.69) is 408 Å². The SMILES string of the molecule is [2H]c1c([2H])c([2H])c2c(c1[2H])c1c([2H])c([2H])c([2H])c([2H])c1n2-c1ccc2c(c1)N(c1c(-c3ccc(C(C)(C)C)cc3)cc(C(C)(C)C)cc1-c1cc(C(C)(C)C)cc(C(C)(C)C)c1)c1cc(C(C)(C)C)cc3c1B2c1ccc(-c2cc(C(C)(C)C)cc(C(C)(C)C)c2)cc1N3c1c(-c2ccc(C(C)(C)C)cc2)cc(C(C)(C)C)cc1-c1cc(C(C)(C)C)ccc1C(C)(C)C. The number of nitrogens with zero attached hydrogens (tertiary/aromatic N) is 3. The minimum Gasteiger partial charge on any atom is -0.310 e. The average Bonchev–Trinajstić information content (AvgIpc) is 1.57. The summed E-state index contributed by atoms with van der Waals surface area (Å²) in [5.41, 5.74) is 30.2. The summed E-state index contributed by atoms with van der Waals surface area (Å²) in [4.78, 5) is 5.29. The van der Waals surface area contributed by atoms with Gasteiger partial charge in [-0.15, -0.1) is 0 Å². The fourth-order valence-electron chi connectivity index (χ4n) is 17.9. The molecule has 15 rings (SSSR count). The van der Waals surface area contributed by atoms with E-state index in [1.807, 2.05) is 6.07 Å². The maximum absolute atomic E-state index is 10.1. The molecule has 12 aromatic carbocycles. The van der Waals surface area contributed by atoms with Gasteiger partial charge >= 0.3 is 0 Å². The highest BCUT2D eigenvalue weighted by atomic mass is 15.2. The fourth-order valence-corrected chi connectivity index (χ4v) is 17.9. The predicted molar refractivity (Wildman–Crippen MR) is 528 cm³/mol. The van der Waals surface area contributed by atoms with Crippen LogP contribution in [0.2, 0.25) is 0 Å². The van der Waals surface area contributed by atoms with E-state index in [1.165, 1.54) is 55.6 Å². The molecule has 0 bridgehead atoms. The summed E-state index contributed by atoms with van der Waals surface area (Å²) in [7, 11) is 0. The lowest BCUT2D eigenvalue weighted by Crippen LogP contribution is -2.61. The molecule has 3 heterocycles. The van der Waals surface area contributed by atoms with Gasteiger partial charge in [0.05, 0.1) is 33.4 Å². The molecule has 0 unspecified atom stereocenters. The summed E-state index contributed by atoms with van der Waals surface area (Å²) >= 11 is 0. The van der Waals surface area contributed by atoms with Crippen molar-refractivity contribution in [2.45, 2.75) is 288 Å². The molecular formula is C116H136BN3. The zero-order valence-corrected chi connectivity index (χ0v) is 78.7. The number of fused-ring (bicyclic) bond motifs is 7. The molecule has 618 valence electrons. The van der Waals surface area contributed by atoms with E-state index in [0.717, 1.165) is 112 Å². The Hall–Kier alpha value is -9.90. The standard InChI is InChI=1S/C116H136BN3/c1-106(2,3)76-47-42-71(43-48-76)89-64-83(113(22,23)24)66-91(75-58-81(111(16,17)18)62-82(59-75)112(19,20)21)104(89)120-100-70-86(118-97-40-36-34-38-87(97)88-39-35-37-41-98(88)118)52-55-96(100)117-95-54-46-73(74-56-79(109(10,11)12)61-80(57-74)110(13,14)15)60-99(95)119(101-68-85(115(28,29)30)69-102(120)103(101)117)105-90(72-44-49-77(50-45-72)107(4,5)6)65-84(114(25,26)27)67-93(105)92-63-78(108(7,8)9)51-53-94(92)116(31,32)33/h34-70H,1-33H3/i34D,35D,36D,37D,38D,39D,40D,41D. The molecule has 0 spiro atoms. The normalized spacial score (nSPS) is 14.9. The Bertz CT molecular complexity index is 6570. The van der Waals surface area contributed by atoms with Crippen molar-refractivity contribution in [2.75, 3.05) is 9.80 Å². The summed E-state index contributed by atoms with van der Waals surface area (Å²) < 4.78 is 79.1. The van der Waals surface area contributed by atoms with Gasteiger partial charge < -0.3 is 14.4 Å². The van der Waals surface area contributed by atoms with Crippen molar-refractivity contribution in [1.29, 1.82) is 0 Å². The van der Waals surface area contributed by atoms with Gasteiger partial charge in [0, 0.05) is 61.5 Å². The van der Waals surface area contributed by atoms with Crippen molar-refractivity contribution in [1.82, 2.24) is 4.57 Å². The maximum atomic E-state index is 10.1. The first kappa shape index (κ1) is 75.1. The number of para-hydroxylation sites is 2. The van der Waals surface area contributed by atoms with Crippen LogP contribution in [0.3, 0.4) is 0 Å². The Balaban J connectivity index is 1.24. The molecule has 1 aromatic heterocycles. The molecule has 0 radical (unpaired) electrons. The van der Waals surface area contributed by atoms with E-state index >= 15 is 0 Å². The first-order chi connectivity index (χ1) is 58.8. The molecule has 3 nitrogen and oxygen atoms in total. The topological polar surface area (TPSA) is 11.4 Å². The summed E-state index contributed by atoms with van der Waals surface area (Å²) in [6.07, 6.45) is 0. The number of rotatable bonds is 8. The van der Waals surface area contributed by atoms with Crippen molar-refractivity contribution < 1.29 is 11.0 Å². The number of anilines is 6. The van der Waals surface area contributed by atoms with Crippen molar-refractivity contribution in [3.8, 4) is 61.3 Å². The Labute approximate surface area is 734 Å². The van der Waals surface area contributed by atoms with Crippen molar-refractivity contribution in [2.24, 2.45) is 0 Å². The van der Waals surface area contributed by atoms with E-state index in [9.17, 15) is 11.0 Å². The summed E-state index contributed by atoms with van der Waals surface area (Å²) in [6.45, 7) is 76.1. The maximum Gasteiger partial charge on any atom is 0.252 e. The van der Waals surface area contributed by atoms with Crippen LogP contribution in [-0.4, -0.2) is 11.3 Å². The van der Waals surface area contributed by atoms with Gasteiger partial charge in [0.2, 0.25) is 0 Å². The first-order valence-electron chi connectivity index (χ1n) is 47.9. The molecule has 2 aliphatic heterocycles. The largest absolute Gasteiger partial charge is 0.310 e. The van der Waals surface area contributed by atoms with E-state index in [1.54, 1.807) is 4.57 Å². The van der Waals surface area contributed by atoms with Crippen LogP contribution in [0.25, 0.3) is 83.1 Å². The third-order valence-electron chi connectivity index (χ3n) is 25.7. The Morgan fingerprint density at radius 1 is 0.233 bits per heavy atom. The van der Waals surface area contributed by atoms with Crippen LogP contribution in [0.1, 0.15) is 301 Å². The molecule has 4 heteroatoms. The second kappa shape index (κ2) is 28.9. The average molecular weight is 1590 g/mol. The van der Waals surface area contributed by atoms with Crippen LogP contribution < -0.4 is 26.2 Å². The molecule has 0 amide bonds. The van der Waals surface area contributed by atoms with Crippen molar-refractivity contribution in [3.63, 3.8) is 0 Å². The molecule has 0 saturated carbocycles. The zero-order valence-electron chi connectivity index (χ0n) is 86.7. The minimum atomic E-state index is -0.535. The number of benzene rings is 12. The third kappa shape index (κ3) is 15.7. The molecule has 0 atom stereocenters. The van der Waals surface area contributed by atoms with Gasteiger partial charge in [-0.25, -0.2) is 0 Å². The van der Waals surface area contributed by atoms with Gasteiger partial charge in [0.1, 0.15) is 0 Å². The van der Waals surface area contributed by atoms with Gasteiger partial charge in [-0.05, 0) is 237 Å². The summed E-state index contributed by atoms with van der Waals surface area (Å²) in [5, 5.41) is 0.0384. The van der Waals surface area contributed by atoms with Gasteiger partial charge in [-0.2, -0.15) is 0 Å². The minimum absolute atomic E-state index is 0.0192. The highest BCUT2D eigenvalue weighted by Gasteiger charge is 2.48. The molecular weight excluding hydrogens is 1450 g/mol. The molecule has 0 fully saturated rings.